The molecule has 1 fully saturated rings. The van der Waals surface area contributed by atoms with Gasteiger partial charge in [-0.1, -0.05) is 0 Å². The Morgan fingerprint density at radius 3 is 2.41 bits per heavy atom. The number of halogens is 1. The molecule has 4 aromatic rings. The summed E-state index contributed by atoms with van der Waals surface area (Å²) < 4.78 is 33.5. The van der Waals surface area contributed by atoms with Crippen LogP contribution in [0.15, 0.2) is 41.3 Å². The highest BCUT2D eigenvalue weighted by Crippen LogP contribution is 2.35. The van der Waals surface area contributed by atoms with Gasteiger partial charge in [-0.3, -0.25) is 14.6 Å². The van der Waals surface area contributed by atoms with Gasteiger partial charge < -0.3 is 29.0 Å². The number of piperidine rings is 1. The molecule has 1 N–H and O–H groups in total. The largest absolute Gasteiger partial charge is 0.491 e. The molecule has 1 saturated heterocycles. The van der Waals surface area contributed by atoms with Gasteiger partial charge in [-0.2, -0.15) is 0 Å². The van der Waals surface area contributed by atoms with Gasteiger partial charge in [0.05, 0.1) is 19.7 Å². The minimum atomic E-state index is -0.712. The summed E-state index contributed by atoms with van der Waals surface area (Å²) >= 11 is 0. The third-order valence-corrected chi connectivity index (χ3v) is 7.48. The maximum Gasteiger partial charge on any atom is 0.261 e. The summed E-state index contributed by atoms with van der Waals surface area (Å²) in [5, 5.41) is 2.69. The number of amides is 1. The normalized spacial score (nSPS) is 13.3. The molecule has 214 valence electrons. The minimum absolute atomic E-state index is 0.0399. The van der Waals surface area contributed by atoms with Crippen molar-refractivity contribution in [2.45, 2.75) is 33.1 Å². The molecule has 10 nitrogen and oxygen atoms in total. The molecule has 0 unspecified atom stereocenters. The van der Waals surface area contributed by atoms with Crippen LogP contribution in [0.1, 0.15) is 41.0 Å². The summed E-state index contributed by atoms with van der Waals surface area (Å²) in [4.78, 5) is 37.7. The molecule has 0 bridgehead atoms. The van der Waals surface area contributed by atoms with Crippen molar-refractivity contribution >= 4 is 28.3 Å². The highest BCUT2D eigenvalue weighted by Gasteiger charge is 2.25. The fraction of sp³-hybridized carbons (Fsp3) is 0.333. The van der Waals surface area contributed by atoms with E-state index in [2.05, 4.69) is 20.2 Å². The first-order valence-corrected chi connectivity index (χ1v) is 13.3. The Morgan fingerprint density at radius 1 is 0.976 bits per heavy atom. The van der Waals surface area contributed by atoms with Crippen LogP contribution in [-0.2, 0) is 7.05 Å². The highest BCUT2D eigenvalue weighted by molar-refractivity contribution is 6.05. The maximum atomic E-state index is 15.2. The van der Waals surface area contributed by atoms with Gasteiger partial charge in [-0.25, -0.2) is 9.37 Å². The topological polar surface area (TPSA) is 108 Å². The van der Waals surface area contributed by atoms with Crippen LogP contribution in [0.5, 0.6) is 23.1 Å². The number of nitrogens with zero attached hydrogens (tertiary/aromatic N) is 4. The highest BCUT2D eigenvalue weighted by atomic mass is 19.1. The van der Waals surface area contributed by atoms with Gasteiger partial charge in [0.15, 0.2) is 23.1 Å². The predicted octanol–water partition coefficient (Wildman–Crippen LogP) is 5.14. The Labute approximate surface area is 236 Å². The standard InChI is InChI=1S/C30H32FN5O5/c1-17-25(28(37)27(18(2)35(17)3)36-13-7-6-8-14-36)29(38)33-19-9-10-22(20(31)15-19)41-23-11-12-32-21-16-24(39-4)30(40-5)34-26(21)23/h9-12,15-16H,6-8,13-14H2,1-5H3,(H,33,38). The number of carbonyl (C=O) groups excluding carboxylic acids is 1. The lowest BCUT2D eigenvalue weighted by atomic mass is 10.1. The van der Waals surface area contributed by atoms with Crippen molar-refractivity contribution in [2.75, 3.05) is 37.5 Å². The van der Waals surface area contributed by atoms with Crippen LogP contribution in [-0.4, -0.2) is 47.8 Å². The fourth-order valence-electron chi connectivity index (χ4n) is 5.14. The van der Waals surface area contributed by atoms with Crippen LogP contribution in [0, 0.1) is 19.7 Å². The van der Waals surface area contributed by atoms with Crippen molar-refractivity contribution in [2.24, 2.45) is 7.05 Å². The van der Waals surface area contributed by atoms with Crippen LogP contribution in [0.25, 0.3) is 11.0 Å². The number of benzene rings is 1. The molecule has 11 heteroatoms. The van der Waals surface area contributed by atoms with Crippen molar-refractivity contribution in [1.82, 2.24) is 14.5 Å². The molecule has 5 rings (SSSR count). The van der Waals surface area contributed by atoms with E-state index in [1.54, 1.807) is 19.1 Å². The number of anilines is 2. The zero-order valence-corrected chi connectivity index (χ0v) is 23.7. The van der Waals surface area contributed by atoms with Crippen molar-refractivity contribution in [3.63, 3.8) is 0 Å². The molecule has 41 heavy (non-hydrogen) atoms. The number of nitrogens with one attached hydrogen (secondary N) is 1. The molecule has 0 radical (unpaired) electrons. The van der Waals surface area contributed by atoms with Gasteiger partial charge in [0, 0.05) is 61.6 Å². The van der Waals surface area contributed by atoms with Crippen molar-refractivity contribution < 1.29 is 23.4 Å². The summed E-state index contributed by atoms with van der Waals surface area (Å²) in [6.45, 7) is 5.17. The van der Waals surface area contributed by atoms with Crippen LogP contribution < -0.4 is 29.9 Å². The van der Waals surface area contributed by atoms with Crippen molar-refractivity contribution in [1.29, 1.82) is 0 Å². The zero-order chi connectivity index (χ0) is 29.3. The lowest BCUT2D eigenvalue weighted by Gasteiger charge is -2.31. The SMILES string of the molecule is COc1cc2nccc(Oc3ccc(NC(=O)c4c(C)n(C)c(C)c(N5CCCCC5)c4=O)cc3F)c2nc1OC. The summed E-state index contributed by atoms with van der Waals surface area (Å²) in [6.07, 6.45) is 4.63. The third kappa shape index (κ3) is 5.27. The van der Waals surface area contributed by atoms with Gasteiger partial charge in [0.25, 0.3) is 11.8 Å². The molecule has 0 aliphatic carbocycles. The van der Waals surface area contributed by atoms with Crippen LogP contribution >= 0.6 is 0 Å². The van der Waals surface area contributed by atoms with E-state index in [0.717, 1.165) is 44.1 Å². The van der Waals surface area contributed by atoms with E-state index in [1.807, 2.05) is 18.5 Å². The minimum Gasteiger partial charge on any atom is -0.491 e. The number of methoxy groups -OCH3 is 2. The third-order valence-electron chi connectivity index (χ3n) is 7.48. The Hall–Kier alpha value is -4.67. The molecule has 0 atom stereocenters. The number of hydrogen-bond acceptors (Lipinski definition) is 8. The van der Waals surface area contributed by atoms with Crippen LogP contribution in [0.3, 0.4) is 0 Å². The second-order valence-electron chi connectivity index (χ2n) is 9.91. The number of aromatic nitrogens is 3. The monoisotopic (exact) mass is 561 g/mol. The van der Waals surface area contributed by atoms with E-state index in [4.69, 9.17) is 14.2 Å². The van der Waals surface area contributed by atoms with Crippen LogP contribution in [0.4, 0.5) is 15.8 Å². The molecule has 4 heterocycles. The van der Waals surface area contributed by atoms with Crippen LogP contribution in [0.2, 0.25) is 0 Å². The fourth-order valence-corrected chi connectivity index (χ4v) is 5.14. The van der Waals surface area contributed by atoms with Gasteiger partial charge >= 0.3 is 0 Å². The molecule has 0 spiro atoms. The van der Waals surface area contributed by atoms with E-state index in [-0.39, 0.29) is 34.1 Å². The van der Waals surface area contributed by atoms with E-state index in [0.29, 0.717) is 28.2 Å². The zero-order valence-electron chi connectivity index (χ0n) is 23.7. The first kappa shape index (κ1) is 27.9. The average molecular weight is 562 g/mol. The maximum absolute atomic E-state index is 15.2. The molecular formula is C30H32FN5O5. The molecular weight excluding hydrogens is 529 g/mol. The summed E-state index contributed by atoms with van der Waals surface area (Å²) in [6, 6.07) is 7.27. The number of ether oxygens (including phenoxy) is 3. The number of pyridine rings is 3. The van der Waals surface area contributed by atoms with Crippen molar-refractivity contribution in [3.8, 4) is 23.1 Å². The van der Waals surface area contributed by atoms with Gasteiger partial charge in [-0.05, 0) is 45.2 Å². The van der Waals surface area contributed by atoms with Gasteiger partial charge in [0.2, 0.25) is 5.43 Å². The van der Waals surface area contributed by atoms with E-state index in [1.165, 1.54) is 32.5 Å². The summed E-state index contributed by atoms with van der Waals surface area (Å²) in [7, 11) is 4.79. The molecule has 1 aromatic carbocycles. The summed E-state index contributed by atoms with van der Waals surface area (Å²) in [5.74, 6) is -0.497. The summed E-state index contributed by atoms with van der Waals surface area (Å²) in [5.41, 5.74) is 2.64. The molecule has 3 aromatic heterocycles. The lowest BCUT2D eigenvalue weighted by molar-refractivity contribution is 0.102. The van der Waals surface area contributed by atoms with Gasteiger partial charge in [-0.15, -0.1) is 0 Å². The number of fused-ring (bicyclic) bond motifs is 1. The van der Waals surface area contributed by atoms with E-state index >= 15 is 4.39 Å². The van der Waals surface area contributed by atoms with E-state index in [9.17, 15) is 9.59 Å². The van der Waals surface area contributed by atoms with Gasteiger partial charge in [0.1, 0.15) is 16.8 Å². The van der Waals surface area contributed by atoms with E-state index < -0.39 is 11.7 Å². The Morgan fingerprint density at radius 2 is 1.73 bits per heavy atom. The number of hydrogen-bond donors (Lipinski definition) is 1. The smallest absolute Gasteiger partial charge is 0.261 e. The Kier molecular flexibility index (Phi) is 7.78. The Balaban J connectivity index is 1.42. The predicted molar refractivity (Wildman–Crippen MR) is 154 cm³/mol. The Bertz CT molecular complexity index is 1700. The number of carbonyl (C=O) groups is 1. The quantitative estimate of drug-likeness (QED) is 0.331. The first-order valence-electron chi connectivity index (χ1n) is 13.3. The second-order valence-corrected chi connectivity index (χ2v) is 9.91. The molecule has 0 saturated carbocycles. The molecule has 1 amide bonds. The average Bonchev–Trinajstić information content (AvgIpc) is 2.97. The first-order chi connectivity index (χ1) is 19.7. The molecule has 1 aliphatic heterocycles. The number of rotatable bonds is 7. The second kappa shape index (κ2) is 11.4. The molecule has 1 aliphatic rings. The lowest BCUT2D eigenvalue weighted by Crippen LogP contribution is -2.38. The van der Waals surface area contributed by atoms with Crippen molar-refractivity contribution in [3.05, 3.63) is 69.5 Å².